The van der Waals surface area contributed by atoms with Crippen LogP contribution in [-0.4, -0.2) is 93.5 Å². The summed E-state index contributed by atoms with van der Waals surface area (Å²) in [6.07, 6.45) is 2.70. The third-order valence-electron chi connectivity index (χ3n) is 14.5. The van der Waals surface area contributed by atoms with Crippen molar-refractivity contribution in [2.75, 3.05) is 54.7 Å². The first-order valence-corrected chi connectivity index (χ1v) is 24.7. The Labute approximate surface area is 354 Å². The maximum absolute atomic E-state index is 15.5. The number of aliphatic hydroxyl groups is 1. The lowest BCUT2D eigenvalue weighted by molar-refractivity contribution is -0.150. The van der Waals surface area contributed by atoms with Gasteiger partial charge in [0.2, 0.25) is 5.91 Å². The normalized spacial score (nSPS) is 26.1. The molecule has 0 bridgehead atoms. The Balaban J connectivity index is 1.05. The van der Waals surface area contributed by atoms with E-state index in [0.29, 0.717) is 19.8 Å². The predicted octanol–water partition coefficient (Wildman–Crippen LogP) is 5.76. The first kappa shape index (κ1) is 40.4. The summed E-state index contributed by atoms with van der Waals surface area (Å²) >= 11 is 0. The number of amides is 3. The largest absolute Gasteiger partial charge is 0.497 e. The summed E-state index contributed by atoms with van der Waals surface area (Å²) < 4.78 is 12.8. The molecule has 9 rings (SSSR count). The van der Waals surface area contributed by atoms with Crippen LogP contribution in [0, 0.1) is 5.92 Å². The number of ether oxygens (including phenoxy) is 2. The number of benzene rings is 4. The molecule has 2 spiro atoms. The van der Waals surface area contributed by atoms with Gasteiger partial charge in [-0.1, -0.05) is 85.9 Å². The van der Waals surface area contributed by atoms with Gasteiger partial charge in [0.25, 0.3) is 11.8 Å². The van der Waals surface area contributed by atoms with Crippen molar-refractivity contribution in [1.29, 1.82) is 0 Å². The van der Waals surface area contributed by atoms with Crippen LogP contribution in [0.25, 0.3) is 0 Å². The topological polar surface area (TPSA) is 115 Å². The van der Waals surface area contributed by atoms with E-state index in [9.17, 15) is 14.7 Å². The lowest BCUT2D eigenvalue weighted by Gasteiger charge is -2.39. The van der Waals surface area contributed by atoms with Crippen LogP contribution in [0.1, 0.15) is 50.2 Å². The molecule has 5 atom stereocenters. The molecular weight excluding hydrogens is 771 g/mol. The molecule has 0 aliphatic carbocycles. The smallest absolute Gasteiger partial charge is 0.264 e. The fraction of sp³-hybridized carbons (Fsp3) is 0.438. The second-order valence-electron chi connectivity index (χ2n) is 17.9. The third-order valence-corrected chi connectivity index (χ3v) is 18.9. The summed E-state index contributed by atoms with van der Waals surface area (Å²) in [6.45, 7) is 9.63. The highest BCUT2D eigenvalue weighted by molar-refractivity contribution is 6.91. The second-order valence-corrected chi connectivity index (χ2v) is 22.6. The number of aliphatic hydroxyl groups excluding tert-OH is 1. The Kier molecular flexibility index (Phi) is 10.6. The number of hydrogen-bond acceptors (Lipinski definition) is 8. The monoisotopic (exact) mass is 827 g/mol. The Morgan fingerprint density at radius 2 is 1.63 bits per heavy atom. The molecule has 5 aliphatic heterocycles. The van der Waals surface area contributed by atoms with Gasteiger partial charge < -0.3 is 34.6 Å². The van der Waals surface area contributed by atoms with Crippen molar-refractivity contribution in [3.05, 3.63) is 114 Å². The lowest BCUT2D eigenvalue weighted by Crippen LogP contribution is -2.55. The predicted molar refractivity (Wildman–Crippen MR) is 236 cm³/mol. The van der Waals surface area contributed by atoms with Crippen molar-refractivity contribution in [1.82, 2.24) is 10.2 Å². The SMILES string of the molecule is COc1ccc([Si](C)(C)[C@H]2[C@H](CC(=O)N3CCC[C@H]3CO)O[C@@]3(C(=O)N(Cc4cccc(N5CN(c6ccccc6)C6(CCNCC6)C5=O)c4)c4ccccc43)[C@@H]2C)cc1. The third kappa shape index (κ3) is 6.45. The number of nitrogens with zero attached hydrogens (tertiary/aromatic N) is 4. The van der Waals surface area contributed by atoms with Gasteiger partial charge in [0.1, 0.15) is 11.3 Å². The van der Waals surface area contributed by atoms with Crippen LogP contribution in [-0.2, 0) is 31.3 Å². The van der Waals surface area contributed by atoms with E-state index < -0.39 is 25.3 Å². The zero-order valence-electron chi connectivity index (χ0n) is 35.2. The summed E-state index contributed by atoms with van der Waals surface area (Å²) in [5.41, 5.74) is 2.36. The Morgan fingerprint density at radius 1 is 0.917 bits per heavy atom. The van der Waals surface area contributed by atoms with Gasteiger partial charge in [-0.05, 0) is 92.3 Å². The van der Waals surface area contributed by atoms with Crippen molar-refractivity contribution in [2.45, 2.75) is 87.5 Å². The zero-order chi connectivity index (χ0) is 41.8. The maximum atomic E-state index is 15.5. The number of fused-ring (bicyclic) bond motifs is 2. The lowest BCUT2D eigenvalue weighted by atomic mass is 9.82. The molecule has 4 aromatic rings. The van der Waals surface area contributed by atoms with Gasteiger partial charge in [-0.25, -0.2) is 0 Å². The average molecular weight is 828 g/mol. The number of carbonyl (C=O) groups is 3. The van der Waals surface area contributed by atoms with Gasteiger partial charge in [-0.3, -0.25) is 19.3 Å². The number of piperidine rings is 1. The van der Waals surface area contributed by atoms with Gasteiger partial charge in [-0.2, -0.15) is 0 Å². The van der Waals surface area contributed by atoms with Crippen LogP contribution in [0.15, 0.2) is 103 Å². The number of carbonyl (C=O) groups excluding carboxylic acids is 3. The standard InChI is InChI=1S/C48H57N5O6Si/c1-33-44(60(3,4)39-21-19-38(58-2)20-22-39)42(29-43(55)50-27-11-16-37(50)31-54)59-48(33)40-17-8-9-18-41(40)51(46(48)57)30-34-12-10-15-36(28-34)52-32-53(35-13-6-5-7-14-35)47(45(52)56)23-25-49-26-24-47/h5-10,12-15,17-22,28,33,37,42,44,49,54H,11,16,23-27,29-32H2,1-4H3/t33-,37+,42+,44-,48+/m1/s1. The van der Waals surface area contributed by atoms with Crippen LogP contribution in [0.3, 0.4) is 0 Å². The van der Waals surface area contributed by atoms with E-state index in [4.69, 9.17) is 9.47 Å². The Morgan fingerprint density at radius 3 is 2.37 bits per heavy atom. The number of methoxy groups -OCH3 is 1. The highest BCUT2D eigenvalue weighted by Crippen LogP contribution is 2.60. The number of anilines is 3. The van der Waals surface area contributed by atoms with E-state index >= 15 is 4.79 Å². The fourth-order valence-electron chi connectivity index (χ4n) is 11.4. The van der Waals surface area contributed by atoms with Crippen LogP contribution < -0.4 is 29.9 Å². The van der Waals surface area contributed by atoms with Crippen LogP contribution in [0.5, 0.6) is 5.75 Å². The fourth-order valence-corrected chi connectivity index (χ4v) is 15.5. The van der Waals surface area contributed by atoms with Crippen molar-refractivity contribution >= 4 is 48.0 Å². The quantitative estimate of drug-likeness (QED) is 0.194. The number of likely N-dealkylation sites (tertiary alicyclic amines) is 1. The molecule has 0 unspecified atom stereocenters. The molecule has 4 fully saturated rings. The molecule has 4 saturated heterocycles. The molecule has 60 heavy (non-hydrogen) atoms. The van der Waals surface area contributed by atoms with Crippen molar-refractivity contribution in [3.63, 3.8) is 0 Å². The van der Waals surface area contributed by atoms with Gasteiger partial charge in [0.15, 0.2) is 5.60 Å². The van der Waals surface area contributed by atoms with Gasteiger partial charge >= 0.3 is 0 Å². The van der Waals surface area contributed by atoms with E-state index in [1.165, 1.54) is 5.19 Å². The maximum Gasteiger partial charge on any atom is 0.264 e. The van der Waals surface area contributed by atoms with Crippen molar-refractivity contribution in [2.24, 2.45) is 5.92 Å². The molecular formula is C48H57N5O6Si. The van der Waals surface area contributed by atoms with E-state index in [1.54, 1.807) is 7.11 Å². The summed E-state index contributed by atoms with van der Waals surface area (Å²) in [5.74, 6) is 0.459. The first-order valence-electron chi connectivity index (χ1n) is 21.6. The highest BCUT2D eigenvalue weighted by atomic mass is 28.3. The first-order chi connectivity index (χ1) is 29.0. The minimum atomic E-state index is -2.47. The van der Waals surface area contributed by atoms with Crippen molar-refractivity contribution < 1.29 is 29.0 Å². The summed E-state index contributed by atoms with van der Waals surface area (Å²) in [4.78, 5) is 52.0. The van der Waals surface area contributed by atoms with Gasteiger partial charge in [0.05, 0.1) is 59.3 Å². The average Bonchev–Trinajstić information content (AvgIpc) is 4.01. The summed E-state index contributed by atoms with van der Waals surface area (Å²) in [6, 6.07) is 34.3. The molecule has 12 heteroatoms. The molecule has 5 aliphatic rings. The summed E-state index contributed by atoms with van der Waals surface area (Å²) in [5, 5.41) is 14.8. The number of rotatable bonds is 10. The molecule has 5 heterocycles. The van der Waals surface area contributed by atoms with Crippen molar-refractivity contribution in [3.8, 4) is 5.75 Å². The summed E-state index contributed by atoms with van der Waals surface area (Å²) in [7, 11) is -0.812. The molecule has 0 saturated carbocycles. The minimum absolute atomic E-state index is 0.0358. The molecule has 314 valence electrons. The Hall–Kier alpha value is -5.01. The number of hydrogen-bond donors (Lipinski definition) is 2. The van der Waals surface area contributed by atoms with E-state index in [0.717, 1.165) is 72.7 Å². The highest BCUT2D eigenvalue weighted by Gasteiger charge is 2.66. The zero-order valence-corrected chi connectivity index (χ0v) is 36.2. The van der Waals surface area contributed by atoms with E-state index in [-0.39, 0.29) is 48.3 Å². The van der Waals surface area contributed by atoms with E-state index in [2.05, 4.69) is 60.6 Å². The molecule has 3 amide bonds. The van der Waals surface area contributed by atoms with Crippen LogP contribution in [0.2, 0.25) is 18.6 Å². The van der Waals surface area contributed by atoms with E-state index in [1.807, 2.05) is 87.5 Å². The molecule has 11 nitrogen and oxygen atoms in total. The van der Waals surface area contributed by atoms with Crippen LogP contribution >= 0.6 is 0 Å². The number of para-hydroxylation sites is 2. The molecule has 0 radical (unpaired) electrons. The van der Waals surface area contributed by atoms with Gasteiger partial charge in [-0.15, -0.1) is 0 Å². The van der Waals surface area contributed by atoms with Gasteiger partial charge in [0, 0.05) is 29.4 Å². The molecule has 4 aromatic carbocycles. The van der Waals surface area contributed by atoms with Crippen LogP contribution in [0.4, 0.5) is 17.1 Å². The minimum Gasteiger partial charge on any atom is -0.497 e. The molecule has 2 N–H and O–H groups in total. The molecule has 0 aromatic heterocycles. The number of nitrogens with one attached hydrogen (secondary N) is 1. The second kappa shape index (κ2) is 15.8. The Bertz CT molecular complexity index is 2250.